The van der Waals surface area contributed by atoms with Crippen molar-refractivity contribution in [2.75, 3.05) is 20.3 Å². The lowest BCUT2D eigenvalue weighted by Crippen LogP contribution is -2.30. The molecule has 16 heteroatoms. The molecule has 0 bridgehead atoms. The predicted octanol–water partition coefficient (Wildman–Crippen LogP) is 6.31. The van der Waals surface area contributed by atoms with Crippen LogP contribution in [0, 0.1) is 11.2 Å². The quantitative estimate of drug-likeness (QED) is 0.0438. The Morgan fingerprint density at radius 3 is 2.42 bits per heavy atom. The Balaban J connectivity index is 1.34. The van der Waals surface area contributed by atoms with E-state index in [0.717, 1.165) is 32.1 Å². The normalized spacial score (nSPS) is 13.9. The third-order valence-electron chi connectivity index (χ3n) is 9.22. The number of nitrogens with zero attached hydrogens (tertiary/aromatic N) is 5. The largest absolute Gasteiger partial charge is 0.511 e. The van der Waals surface area contributed by atoms with Gasteiger partial charge in [0.25, 0.3) is 18.1 Å². The van der Waals surface area contributed by atoms with Gasteiger partial charge in [0.05, 0.1) is 19.6 Å². The van der Waals surface area contributed by atoms with Gasteiger partial charge < -0.3 is 34.1 Å². The van der Waals surface area contributed by atoms with Gasteiger partial charge in [0, 0.05) is 41.6 Å². The molecule has 3 aromatic carbocycles. The lowest BCUT2D eigenvalue weighted by molar-refractivity contribution is -0.0829. The van der Waals surface area contributed by atoms with Crippen molar-refractivity contribution in [2.45, 2.75) is 70.2 Å². The van der Waals surface area contributed by atoms with Gasteiger partial charge in [-0.3, -0.25) is 10.2 Å². The number of aromatic nitrogens is 5. The molecule has 1 fully saturated rings. The van der Waals surface area contributed by atoms with Crippen LogP contribution in [0.4, 0.5) is 9.18 Å². The molecular formula is C41H44FN7O8. The maximum absolute atomic E-state index is 16.5. The zero-order valence-electron chi connectivity index (χ0n) is 31.6. The van der Waals surface area contributed by atoms with Crippen LogP contribution >= 0.6 is 0 Å². The average Bonchev–Trinajstić information content (AvgIpc) is 3.66. The number of carbonyl (C=O) groups excluding carboxylic acids is 2. The van der Waals surface area contributed by atoms with E-state index in [1.54, 1.807) is 67.6 Å². The summed E-state index contributed by atoms with van der Waals surface area (Å²) in [7, 11) is 1.43. The maximum atomic E-state index is 16.5. The molecule has 1 amide bonds. The predicted molar refractivity (Wildman–Crippen MR) is 204 cm³/mol. The highest BCUT2D eigenvalue weighted by Gasteiger charge is 2.31. The first-order valence-corrected chi connectivity index (χ1v) is 18.7. The van der Waals surface area contributed by atoms with Gasteiger partial charge in [0.1, 0.15) is 24.3 Å². The molecule has 0 spiro atoms. The second-order valence-corrected chi connectivity index (χ2v) is 13.2. The van der Waals surface area contributed by atoms with Gasteiger partial charge in [0.2, 0.25) is 0 Å². The number of nitrogens with one attached hydrogen (secondary N) is 2. The van der Waals surface area contributed by atoms with Gasteiger partial charge in [-0.05, 0) is 61.9 Å². The first-order chi connectivity index (χ1) is 27.8. The number of amides is 1. The first kappa shape index (κ1) is 40.2. The van der Waals surface area contributed by atoms with Crippen LogP contribution in [0.3, 0.4) is 0 Å². The molecule has 1 saturated carbocycles. The molecule has 57 heavy (non-hydrogen) atoms. The van der Waals surface area contributed by atoms with Crippen molar-refractivity contribution in [2.24, 2.45) is 0 Å². The summed E-state index contributed by atoms with van der Waals surface area (Å²) < 4.78 is 46.1. The lowest BCUT2D eigenvalue weighted by Gasteiger charge is -2.23. The lowest BCUT2D eigenvalue weighted by atomic mass is 9.90. The van der Waals surface area contributed by atoms with Gasteiger partial charge in [-0.2, -0.15) is 4.98 Å². The molecule has 6 rings (SSSR count). The standard InChI is InChI=1S/C41H44FN7O8/c1-3-34(57-41(52)55-29-13-8-5-9-14-29)56-40-47-37(48-49(40)39-44-19-10-20-45-39)32(31-24-30(53-2)25-33(35(31)42)54-22-21-50)23-26-15-17-27(18-16-26)36(43)46-38(51)28-11-6-4-7-12-28/h4,6-7,10-12,15-20,24-25,29,32,34,50H,3,5,8-9,13-14,21-23H2,1-2H3,(H2,43,46,51)/t32-,34?/m1/s1. The molecule has 0 saturated heterocycles. The Hall–Kier alpha value is -6.42. The summed E-state index contributed by atoms with van der Waals surface area (Å²) in [5.41, 5.74) is 1.66. The molecule has 15 nitrogen and oxygen atoms in total. The Morgan fingerprint density at radius 1 is 1.00 bits per heavy atom. The van der Waals surface area contributed by atoms with Crippen LogP contribution in [-0.4, -0.2) is 80.5 Å². The molecule has 298 valence electrons. The van der Waals surface area contributed by atoms with Crippen LogP contribution in [0.1, 0.15) is 84.2 Å². The van der Waals surface area contributed by atoms with E-state index < -0.39 is 30.1 Å². The van der Waals surface area contributed by atoms with Crippen molar-refractivity contribution in [1.29, 1.82) is 5.41 Å². The van der Waals surface area contributed by atoms with E-state index in [9.17, 15) is 14.7 Å². The van der Waals surface area contributed by atoms with Crippen LogP contribution in [0.2, 0.25) is 0 Å². The van der Waals surface area contributed by atoms with Crippen molar-refractivity contribution in [1.82, 2.24) is 30.0 Å². The van der Waals surface area contributed by atoms with E-state index in [1.807, 2.05) is 0 Å². The molecule has 1 aliphatic rings. The van der Waals surface area contributed by atoms with Gasteiger partial charge in [0.15, 0.2) is 17.4 Å². The highest BCUT2D eigenvalue weighted by atomic mass is 19.1. The van der Waals surface area contributed by atoms with Gasteiger partial charge in [-0.1, -0.05) is 55.8 Å². The van der Waals surface area contributed by atoms with Crippen LogP contribution < -0.4 is 19.5 Å². The summed E-state index contributed by atoms with van der Waals surface area (Å²) in [6, 6.07) is 19.8. The zero-order chi connectivity index (χ0) is 40.1. The van der Waals surface area contributed by atoms with Gasteiger partial charge >= 0.3 is 12.2 Å². The summed E-state index contributed by atoms with van der Waals surface area (Å²) in [5.74, 6) is -1.88. The van der Waals surface area contributed by atoms with E-state index in [0.29, 0.717) is 16.7 Å². The molecule has 0 radical (unpaired) electrons. The Kier molecular flexibility index (Phi) is 13.7. The van der Waals surface area contributed by atoms with Gasteiger partial charge in [-0.15, -0.1) is 9.78 Å². The average molecular weight is 782 g/mol. The number of benzene rings is 3. The SMILES string of the molecule is CCC(OC(=O)OC1CCCCC1)Oc1nc([C@H](Cc2ccc(C(=N)NC(=O)c3ccccc3)cc2)c2cc(OC)cc(OCCO)c2F)nn1-c1ncccn1. The summed E-state index contributed by atoms with van der Waals surface area (Å²) in [5, 5.41) is 25.3. The van der Waals surface area contributed by atoms with Crippen LogP contribution in [0.5, 0.6) is 17.5 Å². The summed E-state index contributed by atoms with van der Waals surface area (Å²) in [6.45, 7) is 1.25. The maximum Gasteiger partial charge on any atom is 0.511 e. The number of amidine groups is 1. The number of aliphatic hydroxyl groups excluding tert-OH is 1. The van der Waals surface area contributed by atoms with Crippen LogP contribution in [0.25, 0.3) is 5.95 Å². The van der Waals surface area contributed by atoms with Crippen molar-refractivity contribution in [3.63, 3.8) is 0 Å². The fourth-order valence-corrected chi connectivity index (χ4v) is 6.29. The zero-order valence-corrected chi connectivity index (χ0v) is 31.6. The molecule has 2 atom stereocenters. The highest BCUT2D eigenvalue weighted by molar-refractivity contribution is 6.11. The third-order valence-corrected chi connectivity index (χ3v) is 9.22. The molecule has 1 unspecified atom stereocenters. The summed E-state index contributed by atoms with van der Waals surface area (Å²) >= 11 is 0. The fraction of sp³-hybridized carbons (Fsp3) is 0.341. The topological polar surface area (TPSA) is 193 Å². The van der Waals surface area contributed by atoms with E-state index in [1.165, 1.54) is 36.3 Å². The first-order valence-electron chi connectivity index (χ1n) is 18.7. The molecule has 2 aromatic heterocycles. The second-order valence-electron chi connectivity index (χ2n) is 13.2. The van der Waals surface area contributed by atoms with E-state index in [2.05, 4.69) is 15.3 Å². The minimum Gasteiger partial charge on any atom is -0.497 e. The van der Waals surface area contributed by atoms with E-state index >= 15 is 4.39 Å². The Labute approximate surface area is 328 Å². The number of methoxy groups -OCH3 is 1. The van der Waals surface area contributed by atoms with Crippen molar-refractivity contribution in [3.05, 3.63) is 119 Å². The number of aliphatic hydroxyl groups is 1. The smallest absolute Gasteiger partial charge is 0.497 e. The number of ether oxygens (including phenoxy) is 5. The summed E-state index contributed by atoms with van der Waals surface area (Å²) in [4.78, 5) is 38.9. The number of hydrogen-bond acceptors (Lipinski definition) is 13. The summed E-state index contributed by atoms with van der Waals surface area (Å²) in [6.07, 6.45) is 5.71. The molecular weight excluding hydrogens is 737 g/mol. The van der Waals surface area contributed by atoms with Gasteiger partial charge in [-0.25, -0.2) is 19.2 Å². The molecule has 2 heterocycles. The van der Waals surface area contributed by atoms with Crippen LogP contribution in [0.15, 0.2) is 85.2 Å². The number of carbonyl (C=O) groups is 2. The van der Waals surface area contributed by atoms with E-state index in [4.69, 9.17) is 39.2 Å². The molecule has 1 aliphatic carbocycles. The van der Waals surface area contributed by atoms with Crippen molar-refractivity contribution < 1.29 is 42.8 Å². The minimum atomic E-state index is -1.13. The van der Waals surface area contributed by atoms with Crippen LogP contribution in [-0.2, 0) is 15.9 Å². The minimum absolute atomic E-state index is 0.0862. The van der Waals surface area contributed by atoms with Crippen molar-refractivity contribution >= 4 is 17.9 Å². The Bertz CT molecular complexity index is 2110. The van der Waals surface area contributed by atoms with E-state index in [-0.39, 0.29) is 72.8 Å². The number of hydrogen-bond donors (Lipinski definition) is 3. The fourth-order valence-electron chi connectivity index (χ4n) is 6.29. The molecule has 3 N–H and O–H groups in total. The number of rotatable bonds is 16. The van der Waals surface area contributed by atoms with Crippen molar-refractivity contribution in [3.8, 4) is 23.5 Å². The Morgan fingerprint density at radius 2 is 1.74 bits per heavy atom. The second kappa shape index (κ2) is 19.4. The monoisotopic (exact) mass is 781 g/mol. The highest BCUT2D eigenvalue weighted by Crippen LogP contribution is 2.37. The molecule has 0 aliphatic heterocycles. The molecule has 5 aromatic rings. The number of halogens is 1. The third kappa shape index (κ3) is 10.5.